The number of methoxy groups -OCH3 is 1. The van der Waals surface area contributed by atoms with Crippen LogP contribution in [0.15, 0.2) is 60.7 Å². The van der Waals surface area contributed by atoms with Crippen LogP contribution in [0, 0.1) is 6.92 Å². The van der Waals surface area contributed by atoms with Crippen LogP contribution in [0.2, 0.25) is 0 Å². The molecule has 2 aliphatic rings. The number of ether oxygens (including phenoxy) is 3. The van der Waals surface area contributed by atoms with Crippen molar-refractivity contribution in [2.45, 2.75) is 44.7 Å². The van der Waals surface area contributed by atoms with Gasteiger partial charge in [0.25, 0.3) is 5.91 Å². The summed E-state index contributed by atoms with van der Waals surface area (Å²) in [4.78, 5) is 29.7. The number of fused-ring (bicyclic) bond motifs is 1. The third-order valence-electron chi connectivity index (χ3n) is 7.05. The second-order valence-corrected chi connectivity index (χ2v) is 9.69. The van der Waals surface area contributed by atoms with Crippen LogP contribution < -0.4 is 24.4 Å². The highest BCUT2D eigenvalue weighted by Crippen LogP contribution is 2.37. The predicted molar refractivity (Wildman–Crippen MR) is 143 cm³/mol. The van der Waals surface area contributed by atoms with E-state index >= 15 is 0 Å². The molecule has 0 spiro atoms. The van der Waals surface area contributed by atoms with Gasteiger partial charge in [-0.2, -0.15) is 0 Å². The van der Waals surface area contributed by atoms with Crippen molar-refractivity contribution < 1.29 is 28.9 Å². The van der Waals surface area contributed by atoms with Crippen LogP contribution in [0.25, 0.3) is 0 Å². The molecule has 0 radical (unpaired) electrons. The molecule has 1 aliphatic heterocycles. The molecule has 0 aromatic heterocycles. The van der Waals surface area contributed by atoms with Gasteiger partial charge < -0.3 is 24.6 Å². The van der Waals surface area contributed by atoms with Crippen LogP contribution in [0.1, 0.15) is 53.2 Å². The summed E-state index contributed by atoms with van der Waals surface area (Å²) in [5, 5.41) is 13.4. The fourth-order valence-corrected chi connectivity index (χ4v) is 5.04. The van der Waals surface area contributed by atoms with E-state index in [-0.39, 0.29) is 29.4 Å². The van der Waals surface area contributed by atoms with Gasteiger partial charge in [-0.25, -0.2) is 0 Å². The van der Waals surface area contributed by atoms with Gasteiger partial charge in [-0.1, -0.05) is 36.6 Å². The van der Waals surface area contributed by atoms with E-state index < -0.39 is 6.04 Å². The largest absolute Gasteiger partial charge is 0.504 e. The van der Waals surface area contributed by atoms with Crippen LogP contribution in [-0.2, 0) is 4.79 Å². The Morgan fingerprint density at radius 1 is 0.974 bits per heavy atom. The highest BCUT2D eigenvalue weighted by Gasteiger charge is 2.36. The average molecular weight is 517 g/mol. The number of rotatable bonds is 7. The van der Waals surface area contributed by atoms with Crippen LogP contribution in [0.3, 0.4) is 0 Å². The van der Waals surface area contributed by atoms with Crippen LogP contribution in [0.4, 0.5) is 5.69 Å². The summed E-state index contributed by atoms with van der Waals surface area (Å²) >= 11 is 0. The van der Waals surface area contributed by atoms with Gasteiger partial charge in [-0.05, 0) is 67.8 Å². The first-order valence-corrected chi connectivity index (χ1v) is 12.9. The molecule has 1 aliphatic carbocycles. The minimum Gasteiger partial charge on any atom is -0.504 e. The number of phenols is 1. The minimum atomic E-state index is -1.02. The van der Waals surface area contributed by atoms with E-state index in [0.717, 1.165) is 31.2 Å². The number of carbonyl (C=O) groups is 2. The van der Waals surface area contributed by atoms with Crippen molar-refractivity contribution in [2.75, 3.05) is 25.2 Å². The fourth-order valence-electron chi connectivity index (χ4n) is 5.04. The first-order chi connectivity index (χ1) is 18.4. The minimum absolute atomic E-state index is 0.0493. The maximum absolute atomic E-state index is 14.3. The number of benzene rings is 3. The highest BCUT2D eigenvalue weighted by molar-refractivity contribution is 6.10. The van der Waals surface area contributed by atoms with E-state index in [1.807, 2.05) is 31.2 Å². The fraction of sp³-hybridized carbons (Fsp3) is 0.333. The summed E-state index contributed by atoms with van der Waals surface area (Å²) in [6.07, 6.45) is 3.91. The number of aromatic hydroxyl groups is 1. The van der Waals surface area contributed by atoms with E-state index in [0.29, 0.717) is 41.5 Å². The van der Waals surface area contributed by atoms with E-state index in [1.54, 1.807) is 30.3 Å². The third kappa shape index (κ3) is 5.25. The Morgan fingerprint density at radius 3 is 2.39 bits per heavy atom. The van der Waals surface area contributed by atoms with Crippen molar-refractivity contribution in [3.05, 3.63) is 77.4 Å². The van der Waals surface area contributed by atoms with E-state index in [9.17, 15) is 14.7 Å². The lowest BCUT2D eigenvalue weighted by Gasteiger charge is -2.33. The molecule has 3 aromatic rings. The third-order valence-corrected chi connectivity index (χ3v) is 7.05. The molecule has 0 saturated heterocycles. The lowest BCUT2D eigenvalue weighted by atomic mass is 10.00. The summed E-state index contributed by atoms with van der Waals surface area (Å²) in [5.74, 6) is 0.571. The first-order valence-electron chi connectivity index (χ1n) is 12.9. The zero-order chi connectivity index (χ0) is 26.6. The molecule has 0 unspecified atom stereocenters. The van der Waals surface area contributed by atoms with Gasteiger partial charge in [-0.15, -0.1) is 0 Å². The molecular weight excluding hydrogens is 484 g/mol. The van der Waals surface area contributed by atoms with Crippen molar-refractivity contribution in [1.82, 2.24) is 5.32 Å². The number of nitrogens with zero attached hydrogens (tertiary/aromatic N) is 1. The molecule has 38 heavy (non-hydrogen) atoms. The second kappa shape index (κ2) is 11.0. The lowest BCUT2D eigenvalue weighted by Crippen LogP contribution is -2.46. The normalized spacial score (nSPS) is 15.5. The average Bonchev–Trinajstić information content (AvgIpc) is 3.45. The molecule has 2 N–H and O–H groups in total. The Morgan fingerprint density at radius 2 is 1.68 bits per heavy atom. The Hall–Kier alpha value is -4.20. The Kier molecular flexibility index (Phi) is 7.40. The van der Waals surface area contributed by atoms with E-state index in [4.69, 9.17) is 14.2 Å². The highest BCUT2D eigenvalue weighted by atomic mass is 16.6. The van der Waals surface area contributed by atoms with Gasteiger partial charge in [0.15, 0.2) is 23.0 Å². The Bertz CT molecular complexity index is 1320. The van der Waals surface area contributed by atoms with E-state index in [2.05, 4.69) is 5.32 Å². The molecule has 3 aromatic carbocycles. The zero-order valence-electron chi connectivity index (χ0n) is 21.6. The molecule has 1 fully saturated rings. The number of phenolic OH excluding ortho intramolecular Hbond substituents is 1. The van der Waals surface area contributed by atoms with Gasteiger partial charge >= 0.3 is 0 Å². The molecule has 198 valence electrons. The maximum atomic E-state index is 14.3. The number of hydrogen-bond donors (Lipinski definition) is 2. The summed E-state index contributed by atoms with van der Waals surface area (Å²) in [6.45, 7) is 2.81. The number of amides is 2. The smallest absolute Gasteiger partial charge is 0.259 e. The summed E-state index contributed by atoms with van der Waals surface area (Å²) in [6, 6.07) is 16.3. The van der Waals surface area contributed by atoms with Crippen molar-refractivity contribution in [2.24, 2.45) is 0 Å². The zero-order valence-corrected chi connectivity index (χ0v) is 21.6. The van der Waals surface area contributed by atoms with Crippen molar-refractivity contribution in [3.8, 4) is 23.0 Å². The summed E-state index contributed by atoms with van der Waals surface area (Å²) in [7, 11) is 1.45. The van der Waals surface area contributed by atoms with Crippen molar-refractivity contribution in [1.29, 1.82) is 0 Å². The number of nitrogens with one attached hydrogen (secondary N) is 1. The number of carbonyl (C=O) groups excluding carboxylic acids is 2. The number of aryl methyl sites for hydroxylation is 1. The Balaban J connectivity index is 1.62. The first kappa shape index (κ1) is 25.4. The van der Waals surface area contributed by atoms with Crippen molar-refractivity contribution >= 4 is 17.5 Å². The molecule has 5 rings (SSSR count). The molecule has 8 nitrogen and oxygen atoms in total. The summed E-state index contributed by atoms with van der Waals surface area (Å²) in [5.41, 5.74) is 2.47. The summed E-state index contributed by atoms with van der Waals surface area (Å²) < 4.78 is 16.7. The van der Waals surface area contributed by atoms with Gasteiger partial charge in [-0.3, -0.25) is 14.5 Å². The molecule has 2 amide bonds. The Labute approximate surface area is 222 Å². The van der Waals surface area contributed by atoms with E-state index in [1.165, 1.54) is 18.1 Å². The molecule has 1 atom stereocenters. The van der Waals surface area contributed by atoms with Crippen molar-refractivity contribution in [3.63, 3.8) is 0 Å². The molecule has 1 saturated carbocycles. The quantitative estimate of drug-likeness (QED) is 0.462. The topological polar surface area (TPSA) is 97.3 Å². The number of anilines is 1. The number of hydrogen-bond acceptors (Lipinski definition) is 6. The molecule has 1 heterocycles. The van der Waals surface area contributed by atoms with Gasteiger partial charge in [0.2, 0.25) is 5.91 Å². The van der Waals surface area contributed by atoms with Gasteiger partial charge in [0.1, 0.15) is 19.3 Å². The monoisotopic (exact) mass is 516 g/mol. The van der Waals surface area contributed by atoms with Crippen LogP contribution in [0.5, 0.6) is 23.0 Å². The SMILES string of the molecule is COc1cc([C@H](C(=O)NC2CCCC2)N(C(=O)c2ccc3c(c2)OCCO3)c2ccc(C)cc2)ccc1O. The molecular formula is C30H32N2O6. The van der Waals surface area contributed by atoms with Gasteiger partial charge in [0, 0.05) is 17.3 Å². The second-order valence-electron chi connectivity index (χ2n) is 9.69. The van der Waals surface area contributed by atoms with Crippen LogP contribution in [-0.4, -0.2) is 43.3 Å². The maximum Gasteiger partial charge on any atom is 0.259 e. The molecule has 8 heteroatoms. The lowest BCUT2D eigenvalue weighted by molar-refractivity contribution is -0.123. The van der Waals surface area contributed by atoms with Gasteiger partial charge in [0.05, 0.1) is 7.11 Å². The molecule has 0 bridgehead atoms. The standard InChI is InChI=1S/C30H32N2O6/c1-19-7-11-23(12-8-19)32(30(35)21-10-14-25-27(18-21)38-16-15-37-25)28(29(34)31-22-5-3-4-6-22)20-9-13-24(33)26(17-20)36-2/h7-14,17-18,22,28,33H,3-6,15-16H2,1-2H3,(H,31,34)/t28-/m1/s1. The predicted octanol–water partition coefficient (Wildman–Crippen LogP) is 4.93. The van der Waals surface area contributed by atoms with Crippen LogP contribution >= 0.6 is 0 Å².